The Labute approximate surface area is 128 Å². The van der Waals surface area contributed by atoms with Crippen molar-refractivity contribution in [1.29, 1.82) is 0 Å². The first-order chi connectivity index (χ1) is 9.52. The Morgan fingerprint density at radius 3 is 1.95 bits per heavy atom. The highest BCUT2D eigenvalue weighted by Gasteiger charge is 2.51. The third-order valence-electron chi connectivity index (χ3n) is 3.88. The number of para-hydroxylation sites is 1. The number of aliphatic hydroxyl groups excluding tert-OH is 1. The highest BCUT2D eigenvalue weighted by molar-refractivity contribution is 5.80. The number of aliphatic hydroxyl groups is 1. The number of rotatable bonds is 4. The minimum absolute atomic E-state index is 0.0915. The van der Waals surface area contributed by atoms with Crippen LogP contribution in [0.25, 0.3) is 0 Å². The van der Waals surface area contributed by atoms with Crippen molar-refractivity contribution in [2.45, 2.75) is 48.0 Å². The summed E-state index contributed by atoms with van der Waals surface area (Å²) >= 11 is 0. The fourth-order valence-corrected chi connectivity index (χ4v) is 2.60. The number of hydrogen-bond acceptors (Lipinski definition) is 3. The molecule has 0 spiro atoms. The fourth-order valence-electron chi connectivity index (χ4n) is 2.60. The molecule has 1 aromatic carbocycles. The highest BCUT2D eigenvalue weighted by atomic mass is 16.5. The topological polar surface area (TPSA) is 46.5 Å². The maximum atomic E-state index is 12.8. The zero-order valence-corrected chi connectivity index (χ0v) is 14.1. The summed E-state index contributed by atoms with van der Waals surface area (Å²) in [5, 5.41) is 10.0. The molecule has 0 aromatic heterocycles. The van der Waals surface area contributed by atoms with E-state index in [-0.39, 0.29) is 18.0 Å². The summed E-state index contributed by atoms with van der Waals surface area (Å²) in [7, 11) is 0. The number of carbonyl (C=O) groups excluding carboxylic acids is 1. The molecule has 1 atom stereocenters. The molecule has 0 amide bonds. The van der Waals surface area contributed by atoms with E-state index >= 15 is 0 Å². The molecule has 1 aromatic rings. The van der Waals surface area contributed by atoms with Crippen LogP contribution in [0.5, 0.6) is 5.75 Å². The van der Waals surface area contributed by atoms with E-state index in [9.17, 15) is 9.90 Å². The lowest BCUT2D eigenvalue weighted by atomic mass is 9.60. The summed E-state index contributed by atoms with van der Waals surface area (Å²) in [6.07, 6.45) is 0.561. The van der Waals surface area contributed by atoms with Gasteiger partial charge < -0.3 is 9.84 Å². The van der Waals surface area contributed by atoms with Gasteiger partial charge in [0, 0.05) is 0 Å². The zero-order valence-electron chi connectivity index (χ0n) is 14.1. The molecule has 1 N–H and O–H groups in total. The second-order valence-electron chi connectivity index (χ2n) is 7.93. The van der Waals surface area contributed by atoms with E-state index in [0.29, 0.717) is 12.2 Å². The van der Waals surface area contributed by atoms with Crippen LogP contribution < -0.4 is 4.74 Å². The minimum atomic E-state index is -0.929. The van der Waals surface area contributed by atoms with Crippen LogP contribution in [0.2, 0.25) is 0 Å². The summed E-state index contributed by atoms with van der Waals surface area (Å²) in [6.45, 7) is 11.9. The monoisotopic (exact) mass is 292 g/mol. The lowest BCUT2D eigenvalue weighted by Crippen LogP contribution is -2.50. The average molecular weight is 292 g/mol. The molecule has 0 aliphatic heterocycles. The lowest BCUT2D eigenvalue weighted by molar-refractivity contribution is -0.161. The molecule has 3 heteroatoms. The summed E-state index contributed by atoms with van der Waals surface area (Å²) in [6, 6.07) is 9.02. The van der Waals surface area contributed by atoms with Gasteiger partial charge >= 0.3 is 5.97 Å². The van der Waals surface area contributed by atoms with Gasteiger partial charge in [-0.1, -0.05) is 59.7 Å². The van der Waals surface area contributed by atoms with Crippen LogP contribution >= 0.6 is 0 Å². The van der Waals surface area contributed by atoms with E-state index in [1.807, 2.05) is 39.0 Å². The van der Waals surface area contributed by atoms with Gasteiger partial charge in [-0.05, 0) is 29.4 Å². The molecule has 21 heavy (non-hydrogen) atoms. The molecule has 0 bridgehead atoms. The predicted molar refractivity (Wildman–Crippen MR) is 85.1 cm³/mol. The van der Waals surface area contributed by atoms with Gasteiger partial charge in [-0.15, -0.1) is 0 Å². The molecule has 0 radical (unpaired) electrons. The third kappa shape index (κ3) is 4.31. The standard InChI is InChI=1S/C18H28O3/c1-16(2,3)12-18(13-19,17(4,5)6)15(20)21-14-10-8-7-9-11-14/h7-11,19H,12-13H2,1-6H3. The van der Waals surface area contributed by atoms with Gasteiger partial charge in [-0.25, -0.2) is 0 Å². The minimum Gasteiger partial charge on any atom is -0.426 e. The Bertz CT molecular complexity index is 465. The Morgan fingerprint density at radius 2 is 1.57 bits per heavy atom. The Hall–Kier alpha value is -1.35. The normalized spacial score (nSPS) is 15.4. The third-order valence-corrected chi connectivity index (χ3v) is 3.88. The summed E-state index contributed by atoms with van der Waals surface area (Å²) in [4.78, 5) is 12.8. The number of esters is 1. The van der Waals surface area contributed by atoms with Crippen LogP contribution in [0.15, 0.2) is 30.3 Å². The first-order valence-electron chi connectivity index (χ1n) is 7.40. The number of hydrogen-bond donors (Lipinski definition) is 1. The summed E-state index contributed by atoms with van der Waals surface area (Å²) < 4.78 is 5.54. The van der Waals surface area contributed by atoms with Crippen LogP contribution in [0, 0.1) is 16.2 Å². The Kier molecular flexibility index (Phi) is 5.21. The Morgan fingerprint density at radius 1 is 1.05 bits per heavy atom. The molecule has 0 aliphatic rings. The van der Waals surface area contributed by atoms with Gasteiger partial charge in [0.1, 0.15) is 5.75 Å². The summed E-state index contributed by atoms with van der Waals surface area (Å²) in [5.74, 6) is 0.150. The average Bonchev–Trinajstić information content (AvgIpc) is 2.34. The van der Waals surface area contributed by atoms with E-state index in [1.165, 1.54) is 0 Å². The van der Waals surface area contributed by atoms with E-state index in [1.54, 1.807) is 12.1 Å². The van der Waals surface area contributed by atoms with Gasteiger partial charge in [0.25, 0.3) is 0 Å². The molecule has 1 rings (SSSR count). The van der Waals surface area contributed by atoms with E-state index < -0.39 is 10.8 Å². The van der Waals surface area contributed by atoms with Gasteiger partial charge in [0.2, 0.25) is 0 Å². The summed E-state index contributed by atoms with van der Waals surface area (Å²) in [5.41, 5.74) is -1.42. The molecule has 0 fully saturated rings. The van der Waals surface area contributed by atoms with Crippen molar-refractivity contribution >= 4 is 5.97 Å². The fraction of sp³-hybridized carbons (Fsp3) is 0.611. The Balaban J connectivity index is 3.14. The molecular formula is C18H28O3. The maximum Gasteiger partial charge on any atom is 0.320 e. The van der Waals surface area contributed by atoms with Crippen molar-refractivity contribution in [3.63, 3.8) is 0 Å². The van der Waals surface area contributed by atoms with Gasteiger partial charge in [-0.2, -0.15) is 0 Å². The first-order valence-corrected chi connectivity index (χ1v) is 7.40. The number of benzene rings is 1. The van der Waals surface area contributed by atoms with Crippen molar-refractivity contribution in [2.75, 3.05) is 6.61 Å². The molecular weight excluding hydrogens is 264 g/mol. The van der Waals surface area contributed by atoms with Crippen LogP contribution in [-0.2, 0) is 4.79 Å². The molecule has 1 unspecified atom stereocenters. The first kappa shape index (κ1) is 17.7. The van der Waals surface area contributed by atoms with Crippen LogP contribution in [0.4, 0.5) is 0 Å². The van der Waals surface area contributed by atoms with Crippen molar-refractivity contribution in [1.82, 2.24) is 0 Å². The van der Waals surface area contributed by atoms with Crippen LogP contribution in [0.3, 0.4) is 0 Å². The van der Waals surface area contributed by atoms with E-state index in [2.05, 4.69) is 20.8 Å². The van der Waals surface area contributed by atoms with Crippen molar-refractivity contribution < 1.29 is 14.6 Å². The van der Waals surface area contributed by atoms with E-state index in [4.69, 9.17) is 4.74 Å². The van der Waals surface area contributed by atoms with Crippen molar-refractivity contribution in [3.05, 3.63) is 30.3 Å². The molecule has 0 aliphatic carbocycles. The molecule has 3 nitrogen and oxygen atoms in total. The largest absolute Gasteiger partial charge is 0.426 e. The highest BCUT2D eigenvalue weighted by Crippen LogP contribution is 2.47. The zero-order chi connectivity index (χ0) is 16.3. The van der Waals surface area contributed by atoms with E-state index in [0.717, 1.165) is 0 Å². The van der Waals surface area contributed by atoms with Gasteiger partial charge in [-0.3, -0.25) is 4.79 Å². The van der Waals surface area contributed by atoms with Crippen molar-refractivity contribution in [3.8, 4) is 5.75 Å². The second kappa shape index (κ2) is 6.18. The second-order valence-corrected chi connectivity index (χ2v) is 7.93. The lowest BCUT2D eigenvalue weighted by Gasteiger charge is -2.44. The molecule has 0 heterocycles. The van der Waals surface area contributed by atoms with Gasteiger partial charge in [0.15, 0.2) is 0 Å². The number of carbonyl (C=O) groups is 1. The molecule has 0 saturated heterocycles. The maximum absolute atomic E-state index is 12.8. The SMILES string of the molecule is CC(C)(C)CC(CO)(C(=O)Oc1ccccc1)C(C)(C)C. The quantitative estimate of drug-likeness (QED) is 0.672. The van der Waals surface area contributed by atoms with Gasteiger partial charge in [0.05, 0.1) is 12.0 Å². The smallest absolute Gasteiger partial charge is 0.320 e. The van der Waals surface area contributed by atoms with Crippen LogP contribution in [0.1, 0.15) is 48.0 Å². The number of ether oxygens (including phenoxy) is 1. The molecule has 0 saturated carbocycles. The van der Waals surface area contributed by atoms with Crippen LogP contribution in [-0.4, -0.2) is 17.7 Å². The predicted octanol–water partition coefficient (Wildman–Crippen LogP) is 4.05. The van der Waals surface area contributed by atoms with Crippen molar-refractivity contribution in [2.24, 2.45) is 16.2 Å². The molecule has 118 valence electrons.